The summed E-state index contributed by atoms with van der Waals surface area (Å²) in [5, 5.41) is 4.11. The molecule has 56 valence electrons. The number of rotatable bonds is 2. The Hall–Kier alpha value is -0.900. The van der Waals surface area contributed by atoms with Crippen molar-refractivity contribution in [1.82, 2.24) is 14.8 Å². The molecule has 0 aliphatic rings. The molecule has 1 atom stereocenters. The summed E-state index contributed by atoms with van der Waals surface area (Å²) in [5.74, 6) is 0.710. The first-order chi connectivity index (χ1) is 4.74. The summed E-state index contributed by atoms with van der Waals surface area (Å²) in [6.45, 7) is 4.73. The van der Waals surface area contributed by atoms with Gasteiger partial charge in [-0.05, 0) is 13.8 Å². The van der Waals surface area contributed by atoms with Gasteiger partial charge in [-0.3, -0.25) is 4.68 Å². The Bertz CT molecular complexity index is 203. The fraction of sp³-hybridized carbons (Fsp3) is 0.667. The van der Waals surface area contributed by atoms with E-state index in [4.69, 9.17) is 5.73 Å². The normalized spacial score (nSPS) is 13.5. The average Bonchev–Trinajstić information content (AvgIpc) is 2.34. The number of nitrogens with two attached hydrogens (primary N) is 1. The van der Waals surface area contributed by atoms with E-state index in [2.05, 4.69) is 10.1 Å². The molecule has 1 rings (SSSR count). The zero-order valence-electron chi connectivity index (χ0n) is 6.28. The van der Waals surface area contributed by atoms with Crippen LogP contribution in [0.2, 0.25) is 0 Å². The van der Waals surface area contributed by atoms with Gasteiger partial charge < -0.3 is 5.73 Å². The monoisotopic (exact) mass is 140 g/mol. The van der Waals surface area contributed by atoms with Crippen molar-refractivity contribution in [2.45, 2.75) is 26.4 Å². The number of aryl methyl sites for hydroxylation is 1. The molecule has 1 aromatic heterocycles. The Balaban J connectivity index is 2.78. The fourth-order valence-corrected chi connectivity index (χ4v) is 0.670. The van der Waals surface area contributed by atoms with Gasteiger partial charge in [0.15, 0.2) is 5.82 Å². The third-order valence-electron chi connectivity index (χ3n) is 1.29. The summed E-state index contributed by atoms with van der Waals surface area (Å²) in [7, 11) is 0. The molecule has 0 aliphatic carbocycles. The maximum Gasteiger partial charge on any atom is 0.166 e. The first-order valence-corrected chi connectivity index (χ1v) is 3.39. The van der Waals surface area contributed by atoms with E-state index in [0.29, 0.717) is 5.82 Å². The van der Waals surface area contributed by atoms with Gasteiger partial charge >= 0.3 is 0 Å². The van der Waals surface area contributed by atoms with Crippen LogP contribution in [0.5, 0.6) is 0 Å². The van der Waals surface area contributed by atoms with Crippen LogP contribution in [-0.2, 0) is 6.54 Å². The van der Waals surface area contributed by atoms with Crippen molar-refractivity contribution in [2.75, 3.05) is 0 Å². The van der Waals surface area contributed by atoms with Crippen LogP contribution in [0.1, 0.15) is 25.7 Å². The average molecular weight is 140 g/mol. The Morgan fingerprint density at radius 2 is 2.50 bits per heavy atom. The Labute approximate surface area is 60.1 Å². The maximum atomic E-state index is 5.54. The third kappa shape index (κ3) is 1.33. The highest BCUT2D eigenvalue weighted by Crippen LogP contribution is 1.99. The van der Waals surface area contributed by atoms with Crippen molar-refractivity contribution < 1.29 is 0 Å². The first-order valence-electron chi connectivity index (χ1n) is 3.39. The van der Waals surface area contributed by atoms with E-state index in [1.165, 1.54) is 0 Å². The lowest BCUT2D eigenvalue weighted by atomic mass is 10.4. The summed E-state index contributed by atoms with van der Waals surface area (Å²) in [5.41, 5.74) is 5.54. The molecule has 0 saturated carbocycles. The molecule has 0 aromatic carbocycles. The third-order valence-corrected chi connectivity index (χ3v) is 1.29. The van der Waals surface area contributed by atoms with Crippen molar-refractivity contribution in [2.24, 2.45) is 5.73 Å². The minimum absolute atomic E-state index is 0.0622. The molecule has 0 saturated heterocycles. The molecule has 1 heterocycles. The molecule has 0 fully saturated rings. The second-order valence-electron chi connectivity index (χ2n) is 2.25. The lowest BCUT2D eigenvalue weighted by Crippen LogP contribution is -2.07. The number of nitrogens with zero attached hydrogens (tertiary/aromatic N) is 3. The van der Waals surface area contributed by atoms with Gasteiger partial charge in [0.2, 0.25) is 0 Å². The van der Waals surface area contributed by atoms with E-state index < -0.39 is 0 Å². The Morgan fingerprint density at radius 3 is 2.80 bits per heavy atom. The Morgan fingerprint density at radius 1 is 1.80 bits per heavy atom. The van der Waals surface area contributed by atoms with E-state index in [0.717, 1.165) is 6.54 Å². The van der Waals surface area contributed by atoms with Crippen LogP contribution < -0.4 is 5.73 Å². The highest BCUT2D eigenvalue weighted by molar-refractivity contribution is 4.87. The van der Waals surface area contributed by atoms with Crippen molar-refractivity contribution in [3.63, 3.8) is 0 Å². The van der Waals surface area contributed by atoms with Crippen LogP contribution >= 0.6 is 0 Å². The van der Waals surface area contributed by atoms with Crippen molar-refractivity contribution >= 4 is 0 Å². The van der Waals surface area contributed by atoms with Crippen LogP contribution in [0.3, 0.4) is 0 Å². The second-order valence-corrected chi connectivity index (χ2v) is 2.25. The zero-order chi connectivity index (χ0) is 7.56. The van der Waals surface area contributed by atoms with Crippen LogP contribution in [-0.4, -0.2) is 14.8 Å². The predicted molar refractivity (Wildman–Crippen MR) is 38.3 cm³/mol. The van der Waals surface area contributed by atoms with Gasteiger partial charge in [-0.25, -0.2) is 4.98 Å². The Kier molecular flexibility index (Phi) is 2.01. The summed E-state index contributed by atoms with van der Waals surface area (Å²) >= 11 is 0. The van der Waals surface area contributed by atoms with Crippen LogP contribution in [0.25, 0.3) is 0 Å². The molecule has 1 unspecified atom stereocenters. The van der Waals surface area contributed by atoms with E-state index in [-0.39, 0.29) is 6.04 Å². The van der Waals surface area contributed by atoms with Crippen molar-refractivity contribution in [3.05, 3.63) is 12.2 Å². The molecule has 0 spiro atoms. The zero-order valence-corrected chi connectivity index (χ0v) is 6.28. The van der Waals surface area contributed by atoms with Crippen molar-refractivity contribution in [1.29, 1.82) is 0 Å². The van der Waals surface area contributed by atoms with E-state index in [1.807, 2.05) is 13.8 Å². The molecule has 2 N–H and O–H groups in total. The lowest BCUT2D eigenvalue weighted by Gasteiger charge is -1.95. The SMILES string of the molecule is CCn1cnc(C(C)N)n1. The van der Waals surface area contributed by atoms with Crippen LogP contribution in [0, 0.1) is 0 Å². The van der Waals surface area contributed by atoms with E-state index in [9.17, 15) is 0 Å². The number of hydrogen-bond donors (Lipinski definition) is 1. The lowest BCUT2D eigenvalue weighted by molar-refractivity contribution is 0.630. The molecule has 10 heavy (non-hydrogen) atoms. The topological polar surface area (TPSA) is 56.7 Å². The van der Waals surface area contributed by atoms with Crippen LogP contribution in [0.15, 0.2) is 6.33 Å². The molecule has 4 nitrogen and oxygen atoms in total. The number of aromatic nitrogens is 3. The van der Waals surface area contributed by atoms with Gasteiger partial charge in [0.25, 0.3) is 0 Å². The molecular formula is C6H12N4. The summed E-state index contributed by atoms with van der Waals surface area (Å²) in [4.78, 5) is 4.01. The largest absolute Gasteiger partial charge is 0.321 e. The van der Waals surface area contributed by atoms with Gasteiger partial charge in [0, 0.05) is 6.54 Å². The van der Waals surface area contributed by atoms with Crippen molar-refractivity contribution in [3.8, 4) is 0 Å². The minimum atomic E-state index is -0.0622. The highest BCUT2D eigenvalue weighted by Gasteiger charge is 2.03. The van der Waals surface area contributed by atoms with Gasteiger partial charge in [-0.2, -0.15) is 5.10 Å². The molecule has 0 radical (unpaired) electrons. The predicted octanol–water partition coefficient (Wildman–Crippen LogP) is 0.318. The summed E-state index contributed by atoms with van der Waals surface area (Å²) in [6.07, 6.45) is 1.69. The quantitative estimate of drug-likeness (QED) is 0.643. The van der Waals surface area contributed by atoms with Crippen LogP contribution in [0.4, 0.5) is 0 Å². The molecule has 0 aliphatic heterocycles. The first kappa shape index (κ1) is 7.21. The second kappa shape index (κ2) is 2.79. The maximum absolute atomic E-state index is 5.54. The molecular weight excluding hydrogens is 128 g/mol. The van der Waals surface area contributed by atoms with E-state index in [1.54, 1.807) is 11.0 Å². The summed E-state index contributed by atoms with van der Waals surface area (Å²) < 4.78 is 1.76. The highest BCUT2D eigenvalue weighted by atomic mass is 15.3. The van der Waals surface area contributed by atoms with Gasteiger partial charge in [-0.1, -0.05) is 0 Å². The molecule has 0 bridgehead atoms. The van der Waals surface area contributed by atoms with Gasteiger partial charge in [0.05, 0.1) is 6.04 Å². The van der Waals surface area contributed by atoms with Gasteiger partial charge in [0.1, 0.15) is 6.33 Å². The fourth-order valence-electron chi connectivity index (χ4n) is 0.670. The molecule has 1 aromatic rings. The summed E-state index contributed by atoms with van der Waals surface area (Å²) in [6, 6.07) is -0.0622. The standard InChI is InChI=1S/C6H12N4/c1-3-10-4-8-6(9-10)5(2)7/h4-5H,3,7H2,1-2H3. The molecule has 4 heteroatoms. The molecule has 0 amide bonds. The minimum Gasteiger partial charge on any atom is -0.321 e. The van der Waals surface area contributed by atoms with E-state index >= 15 is 0 Å². The number of hydrogen-bond acceptors (Lipinski definition) is 3. The van der Waals surface area contributed by atoms with Gasteiger partial charge in [-0.15, -0.1) is 0 Å². The smallest absolute Gasteiger partial charge is 0.166 e.